The van der Waals surface area contributed by atoms with Crippen LogP contribution in [0.15, 0.2) is 29.4 Å². The number of rotatable bonds is 3. The molecule has 0 spiro atoms. The summed E-state index contributed by atoms with van der Waals surface area (Å²) in [5.74, 6) is 0.601. The number of hydrogen-bond donors (Lipinski definition) is 1. The van der Waals surface area contributed by atoms with Gasteiger partial charge >= 0.3 is 0 Å². The summed E-state index contributed by atoms with van der Waals surface area (Å²) in [5.41, 5.74) is 2.38. The summed E-state index contributed by atoms with van der Waals surface area (Å²) in [4.78, 5) is 4.47. The molecule has 1 aliphatic heterocycles. The minimum absolute atomic E-state index is 0.601. The quantitative estimate of drug-likeness (QED) is 0.683. The minimum Gasteiger partial charge on any atom is -0.317 e. The summed E-state index contributed by atoms with van der Waals surface area (Å²) in [7, 11) is 0. The van der Waals surface area contributed by atoms with Gasteiger partial charge < -0.3 is 5.32 Å². The molecule has 1 fully saturated rings. The number of allylic oxidation sites excluding steroid dienone is 2. The van der Waals surface area contributed by atoms with Gasteiger partial charge in [0, 0.05) is 17.8 Å². The zero-order valence-corrected chi connectivity index (χ0v) is 9.21. The standard InChI is InChI=1S/C12H20N2/c1-4-12(14-9-10(2)3)11-5-7-13-8-6-11/h4,9,11,13H,1,5-8H2,2-3H3. The van der Waals surface area contributed by atoms with E-state index in [1.165, 1.54) is 18.4 Å². The summed E-state index contributed by atoms with van der Waals surface area (Å²) >= 11 is 0. The number of nitrogens with one attached hydrogen (secondary N) is 1. The van der Waals surface area contributed by atoms with Crippen molar-refractivity contribution in [2.24, 2.45) is 10.9 Å². The predicted octanol–water partition coefficient (Wildman–Crippen LogP) is 2.54. The molecule has 0 aromatic carbocycles. The maximum absolute atomic E-state index is 4.47. The second-order valence-corrected chi connectivity index (χ2v) is 3.99. The van der Waals surface area contributed by atoms with E-state index in [9.17, 15) is 0 Å². The molecule has 2 heteroatoms. The van der Waals surface area contributed by atoms with Gasteiger partial charge in [-0.25, -0.2) is 0 Å². The molecule has 1 aliphatic rings. The van der Waals surface area contributed by atoms with Crippen LogP contribution in [0.4, 0.5) is 0 Å². The smallest absolute Gasteiger partial charge is 0.0429 e. The molecule has 1 saturated heterocycles. The zero-order chi connectivity index (χ0) is 10.4. The van der Waals surface area contributed by atoms with E-state index in [2.05, 4.69) is 30.7 Å². The van der Waals surface area contributed by atoms with Gasteiger partial charge in [0.15, 0.2) is 0 Å². The van der Waals surface area contributed by atoms with Crippen molar-refractivity contribution in [3.05, 3.63) is 24.4 Å². The van der Waals surface area contributed by atoms with Gasteiger partial charge in [-0.15, -0.1) is 0 Å². The predicted molar refractivity (Wildman–Crippen MR) is 62.7 cm³/mol. The molecule has 0 unspecified atom stereocenters. The van der Waals surface area contributed by atoms with E-state index in [-0.39, 0.29) is 0 Å². The number of piperidine rings is 1. The average molecular weight is 192 g/mol. The van der Waals surface area contributed by atoms with Crippen molar-refractivity contribution in [2.75, 3.05) is 13.1 Å². The van der Waals surface area contributed by atoms with Crippen LogP contribution in [0.2, 0.25) is 0 Å². The normalized spacial score (nSPS) is 19.1. The molecule has 0 radical (unpaired) electrons. The Kier molecular flexibility index (Phi) is 4.60. The Balaban J connectivity index is 2.64. The first kappa shape index (κ1) is 11.2. The molecule has 14 heavy (non-hydrogen) atoms. The third kappa shape index (κ3) is 3.46. The molecule has 0 aromatic rings. The summed E-state index contributed by atoms with van der Waals surface area (Å²) in [5, 5.41) is 3.35. The summed E-state index contributed by atoms with van der Waals surface area (Å²) in [6.45, 7) is 10.2. The van der Waals surface area contributed by atoms with Crippen molar-refractivity contribution in [3.63, 3.8) is 0 Å². The Morgan fingerprint density at radius 1 is 1.36 bits per heavy atom. The van der Waals surface area contributed by atoms with E-state index in [0.29, 0.717) is 5.92 Å². The van der Waals surface area contributed by atoms with E-state index in [4.69, 9.17) is 0 Å². The Hall–Kier alpha value is -0.890. The van der Waals surface area contributed by atoms with Gasteiger partial charge in [-0.2, -0.15) is 0 Å². The highest BCUT2D eigenvalue weighted by atomic mass is 14.9. The van der Waals surface area contributed by atoms with Crippen molar-refractivity contribution in [3.8, 4) is 0 Å². The van der Waals surface area contributed by atoms with Gasteiger partial charge in [0.1, 0.15) is 0 Å². The Bertz CT molecular complexity index is 241. The van der Waals surface area contributed by atoms with Crippen LogP contribution >= 0.6 is 0 Å². The SMILES string of the molecule is C=CC(=NC=C(C)C)C1CCNCC1. The number of nitrogens with zero attached hydrogens (tertiary/aromatic N) is 1. The van der Waals surface area contributed by atoms with E-state index in [1.807, 2.05) is 12.3 Å². The van der Waals surface area contributed by atoms with E-state index in [1.54, 1.807) is 0 Å². The molecule has 0 aliphatic carbocycles. The molecule has 1 heterocycles. The summed E-state index contributed by atoms with van der Waals surface area (Å²) < 4.78 is 0. The zero-order valence-electron chi connectivity index (χ0n) is 9.21. The Labute approximate surface area is 86.8 Å². The van der Waals surface area contributed by atoms with Crippen LogP contribution < -0.4 is 5.32 Å². The summed E-state index contributed by atoms with van der Waals surface area (Å²) in [6, 6.07) is 0. The number of aliphatic imine (C=N–C) groups is 1. The van der Waals surface area contributed by atoms with Crippen LogP contribution in [0.25, 0.3) is 0 Å². The lowest BCUT2D eigenvalue weighted by atomic mass is 9.93. The third-order valence-corrected chi connectivity index (χ3v) is 2.44. The fourth-order valence-electron chi connectivity index (χ4n) is 1.65. The lowest BCUT2D eigenvalue weighted by Gasteiger charge is -2.22. The Morgan fingerprint density at radius 2 is 2.00 bits per heavy atom. The second-order valence-electron chi connectivity index (χ2n) is 3.99. The van der Waals surface area contributed by atoms with E-state index < -0.39 is 0 Å². The van der Waals surface area contributed by atoms with Gasteiger partial charge in [0.25, 0.3) is 0 Å². The van der Waals surface area contributed by atoms with Gasteiger partial charge in [-0.05, 0) is 45.9 Å². The van der Waals surface area contributed by atoms with Crippen molar-refractivity contribution >= 4 is 5.71 Å². The maximum atomic E-state index is 4.47. The molecule has 2 nitrogen and oxygen atoms in total. The highest BCUT2D eigenvalue weighted by Gasteiger charge is 2.16. The molecule has 0 atom stereocenters. The van der Waals surface area contributed by atoms with E-state index in [0.717, 1.165) is 18.8 Å². The van der Waals surface area contributed by atoms with Gasteiger partial charge in [-0.1, -0.05) is 12.2 Å². The minimum atomic E-state index is 0.601. The van der Waals surface area contributed by atoms with Gasteiger partial charge in [0.05, 0.1) is 0 Å². The van der Waals surface area contributed by atoms with Crippen LogP contribution in [0, 0.1) is 5.92 Å². The van der Waals surface area contributed by atoms with Crippen molar-refractivity contribution in [1.82, 2.24) is 5.32 Å². The van der Waals surface area contributed by atoms with Gasteiger partial charge in [0.2, 0.25) is 0 Å². The maximum Gasteiger partial charge on any atom is 0.0429 e. The first-order valence-corrected chi connectivity index (χ1v) is 5.28. The lowest BCUT2D eigenvalue weighted by molar-refractivity contribution is 0.457. The first-order chi connectivity index (χ1) is 6.74. The van der Waals surface area contributed by atoms with Crippen LogP contribution in [0.1, 0.15) is 26.7 Å². The fourth-order valence-corrected chi connectivity index (χ4v) is 1.65. The monoisotopic (exact) mass is 192 g/mol. The van der Waals surface area contributed by atoms with Crippen molar-refractivity contribution in [1.29, 1.82) is 0 Å². The summed E-state index contributed by atoms with van der Waals surface area (Å²) in [6.07, 6.45) is 6.19. The molecule has 1 rings (SSSR count). The highest BCUT2D eigenvalue weighted by molar-refractivity contribution is 5.96. The number of hydrogen-bond acceptors (Lipinski definition) is 2. The Morgan fingerprint density at radius 3 is 2.50 bits per heavy atom. The van der Waals surface area contributed by atoms with Crippen LogP contribution in [-0.2, 0) is 0 Å². The van der Waals surface area contributed by atoms with Gasteiger partial charge in [-0.3, -0.25) is 4.99 Å². The van der Waals surface area contributed by atoms with Crippen LogP contribution in [-0.4, -0.2) is 18.8 Å². The largest absolute Gasteiger partial charge is 0.317 e. The topological polar surface area (TPSA) is 24.4 Å². The fraction of sp³-hybridized carbons (Fsp3) is 0.583. The third-order valence-electron chi connectivity index (χ3n) is 2.44. The molecule has 0 bridgehead atoms. The molecule has 0 saturated carbocycles. The molecule has 0 aromatic heterocycles. The molecule has 78 valence electrons. The van der Waals surface area contributed by atoms with Crippen molar-refractivity contribution in [2.45, 2.75) is 26.7 Å². The molecule has 1 N–H and O–H groups in total. The second kappa shape index (κ2) is 5.76. The van der Waals surface area contributed by atoms with Crippen molar-refractivity contribution < 1.29 is 0 Å². The first-order valence-electron chi connectivity index (χ1n) is 5.28. The highest BCUT2D eigenvalue weighted by Crippen LogP contribution is 2.14. The molecular weight excluding hydrogens is 172 g/mol. The van der Waals surface area contributed by atoms with Crippen LogP contribution in [0.5, 0.6) is 0 Å². The van der Waals surface area contributed by atoms with Crippen LogP contribution in [0.3, 0.4) is 0 Å². The lowest BCUT2D eigenvalue weighted by Crippen LogP contribution is -2.31. The molecular formula is C12H20N2. The average Bonchev–Trinajstić information content (AvgIpc) is 2.20. The van der Waals surface area contributed by atoms with E-state index >= 15 is 0 Å². The molecule has 0 amide bonds.